The third kappa shape index (κ3) is 6.46. The molecule has 0 spiro atoms. The molecule has 1 nitrogen and oxygen atoms in total. The van der Waals surface area contributed by atoms with E-state index in [-0.39, 0.29) is 0 Å². The third-order valence-electron chi connectivity index (χ3n) is 14.9. The lowest BCUT2D eigenvalue weighted by atomic mass is 9.68. The maximum Gasteiger partial charge on any atom is 0.0714 e. The average molecular weight is 920 g/mol. The quantitative estimate of drug-likeness (QED) is 0.137. The summed E-state index contributed by atoms with van der Waals surface area (Å²) in [6, 6.07) is 101. The SMILES string of the molecule is c1ccc(-c2ccc(-c3cc4ccccc4c4ccccc34)cc2N(c2ccc(-c3cccc4c3sc3ccccc34)cc2)c2cccc3c2-c2ccccc2C3(c2ccccc2)c2ccccc2)cc1. The van der Waals surface area contributed by atoms with Crippen molar-refractivity contribution in [3.8, 4) is 44.5 Å². The summed E-state index contributed by atoms with van der Waals surface area (Å²) in [5.74, 6) is 0. The minimum Gasteiger partial charge on any atom is -0.309 e. The number of hydrogen-bond donors (Lipinski definition) is 0. The van der Waals surface area contributed by atoms with Gasteiger partial charge in [-0.25, -0.2) is 0 Å². The Kier molecular flexibility index (Phi) is 9.69. The lowest BCUT2D eigenvalue weighted by molar-refractivity contribution is 0.768. The molecule has 1 aliphatic rings. The number of nitrogens with zero attached hydrogens (tertiary/aromatic N) is 1. The zero-order valence-electron chi connectivity index (χ0n) is 38.8. The number of benzene rings is 12. The minimum absolute atomic E-state index is 0.558. The van der Waals surface area contributed by atoms with Crippen LogP contribution in [-0.4, -0.2) is 0 Å². The van der Waals surface area contributed by atoms with Crippen LogP contribution in [0.15, 0.2) is 273 Å². The molecule has 0 saturated carbocycles. The number of anilines is 3. The lowest BCUT2D eigenvalue weighted by Gasteiger charge is -2.34. The number of thiophene rings is 1. The highest BCUT2D eigenvalue weighted by Gasteiger charge is 2.47. The van der Waals surface area contributed by atoms with E-state index in [1.807, 2.05) is 11.3 Å². The molecule has 0 amide bonds. The molecule has 332 valence electrons. The van der Waals surface area contributed by atoms with E-state index in [9.17, 15) is 0 Å². The fraction of sp³-hybridized carbons (Fsp3) is 0.0145. The van der Waals surface area contributed by atoms with Crippen LogP contribution in [0.4, 0.5) is 17.1 Å². The van der Waals surface area contributed by atoms with Gasteiger partial charge in [0.25, 0.3) is 0 Å². The van der Waals surface area contributed by atoms with E-state index < -0.39 is 5.41 Å². The first-order chi connectivity index (χ1) is 35.2. The summed E-state index contributed by atoms with van der Waals surface area (Å²) in [7, 11) is 0. The summed E-state index contributed by atoms with van der Waals surface area (Å²) in [5.41, 5.74) is 17.4. The summed E-state index contributed by atoms with van der Waals surface area (Å²) in [5, 5.41) is 7.60. The predicted octanol–water partition coefficient (Wildman–Crippen LogP) is 19.2. The smallest absolute Gasteiger partial charge is 0.0714 e. The molecular formula is C69H45NS. The van der Waals surface area contributed by atoms with E-state index in [2.05, 4.69) is 278 Å². The molecule has 0 unspecified atom stereocenters. The average Bonchev–Trinajstić information content (AvgIpc) is 3.99. The molecule has 71 heavy (non-hydrogen) atoms. The fourth-order valence-corrected chi connectivity index (χ4v) is 13.1. The van der Waals surface area contributed by atoms with Crippen molar-refractivity contribution in [2.45, 2.75) is 5.41 Å². The highest BCUT2D eigenvalue weighted by atomic mass is 32.1. The summed E-state index contributed by atoms with van der Waals surface area (Å²) >= 11 is 1.88. The van der Waals surface area contributed by atoms with E-state index in [1.54, 1.807) is 0 Å². The van der Waals surface area contributed by atoms with Crippen molar-refractivity contribution < 1.29 is 0 Å². The summed E-state index contributed by atoms with van der Waals surface area (Å²) in [6.07, 6.45) is 0. The number of fused-ring (bicyclic) bond motifs is 9. The minimum atomic E-state index is -0.558. The first-order valence-electron chi connectivity index (χ1n) is 24.5. The largest absolute Gasteiger partial charge is 0.309 e. The Morgan fingerprint density at radius 3 is 1.65 bits per heavy atom. The second kappa shape index (κ2) is 16.7. The van der Waals surface area contributed by atoms with Gasteiger partial charge in [-0.1, -0.05) is 237 Å². The third-order valence-corrected chi connectivity index (χ3v) is 16.2. The monoisotopic (exact) mass is 919 g/mol. The van der Waals surface area contributed by atoms with E-state index in [4.69, 9.17) is 0 Å². The van der Waals surface area contributed by atoms with Gasteiger partial charge in [0.2, 0.25) is 0 Å². The van der Waals surface area contributed by atoms with Crippen LogP contribution in [0, 0.1) is 0 Å². The molecule has 0 N–H and O–H groups in total. The Bertz CT molecular complexity index is 4110. The molecule has 1 aliphatic carbocycles. The van der Waals surface area contributed by atoms with E-state index >= 15 is 0 Å². The van der Waals surface area contributed by atoms with Gasteiger partial charge in [0.15, 0.2) is 0 Å². The van der Waals surface area contributed by atoms with Crippen LogP contribution in [-0.2, 0) is 5.41 Å². The van der Waals surface area contributed by atoms with Gasteiger partial charge in [-0.3, -0.25) is 0 Å². The van der Waals surface area contributed by atoms with Gasteiger partial charge in [-0.15, -0.1) is 11.3 Å². The summed E-state index contributed by atoms with van der Waals surface area (Å²) in [4.78, 5) is 2.56. The summed E-state index contributed by atoms with van der Waals surface area (Å²) in [6.45, 7) is 0. The highest BCUT2D eigenvalue weighted by molar-refractivity contribution is 7.26. The molecular weight excluding hydrogens is 875 g/mol. The molecule has 2 heteroatoms. The van der Waals surface area contributed by atoms with Crippen molar-refractivity contribution in [3.05, 3.63) is 295 Å². The molecule has 0 bridgehead atoms. The van der Waals surface area contributed by atoms with Gasteiger partial charge in [0, 0.05) is 37.0 Å². The first kappa shape index (κ1) is 41.2. The number of rotatable bonds is 8. The maximum atomic E-state index is 2.56. The van der Waals surface area contributed by atoms with Gasteiger partial charge in [0.05, 0.1) is 16.8 Å². The van der Waals surface area contributed by atoms with Crippen LogP contribution < -0.4 is 4.90 Å². The molecule has 1 heterocycles. The van der Waals surface area contributed by atoms with E-state index in [1.165, 1.54) is 91.8 Å². The molecule has 0 saturated heterocycles. The molecule has 0 aliphatic heterocycles. The summed E-state index contributed by atoms with van der Waals surface area (Å²) < 4.78 is 2.63. The van der Waals surface area contributed by atoms with E-state index in [0.29, 0.717) is 0 Å². The van der Waals surface area contributed by atoms with Crippen molar-refractivity contribution in [2.75, 3.05) is 4.90 Å². The van der Waals surface area contributed by atoms with Crippen LogP contribution in [0.1, 0.15) is 22.3 Å². The second-order valence-electron chi connectivity index (χ2n) is 18.7. The molecule has 0 fully saturated rings. The molecule has 1 aromatic heterocycles. The van der Waals surface area contributed by atoms with Gasteiger partial charge in [-0.05, 0) is 114 Å². The Labute approximate surface area is 417 Å². The zero-order chi connectivity index (χ0) is 46.9. The molecule has 14 rings (SSSR count). The van der Waals surface area contributed by atoms with Gasteiger partial charge in [-0.2, -0.15) is 0 Å². The topological polar surface area (TPSA) is 3.24 Å². The van der Waals surface area contributed by atoms with Crippen LogP contribution in [0.3, 0.4) is 0 Å². The van der Waals surface area contributed by atoms with Gasteiger partial charge in [0.1, 0.15) is 0 Å². The van der Waals surface area contributed by atoms with Crippen molar-refractivity contribution >= 4 is 70.1 Å². The predicted molar refractivity (Wildman–Crippen MR) is 303 cm³/mol. The van der Waals surface area contributed by atoms with Crippen LogP contribution in [0.25, 0.3) is 86.2 Å². The Morgan fingerprint density at radius 2 is 0.873 bits per heavy atom. The van der Waals surface area contributed by atoms with Crippen molar-refractivity contribution in [1.82, 2.24) is 0 Å². The molecule has 0 atom stereocenters. The molecule has 12 aromatic carbocycles. The number of hydrogen-bond acceptors (Lipinski definition) is 2. The Balaban J connectivity index is 1.06. The second-order valence-corrected chi connectivity index (χ2v) is 19.7. The molecule has 0 radical (unpaired) electrons. The van der Waals surface area contributed by atoms with Gasteiger partial charge >= 0.3 is 0 Å². The molecule has 13 aromatic rings. The maximum absolute atomic E-state index is 2.56. The first-order valence-corrected chi connectivity index (χ1v) is 25.3. The van der Waals surface area contributed by atoms with Crippen LogP contribution in [0.5, 0.6) is 0 Å². The Morgan fingerprint density at radius 1 is 0.310 bits per heavy atom. The Hall–Kier alpha value is -8.82. The van der Waals surface area contributed by atoms with Crippen molar-refractivity contribution in [1.29, 1.82) is 0 Å². The van der Waals surface area contributed by atoms with Gasteiger partial charge < -0.3 is 4.90 Å². The zero-order valence-corrected chi connectivity index (χ0v) is 39.7. The van der Waals surface area contributed by atoms with Crippen LogP contribution in [0.2, 0.25) is 0 Å². The standard InChI is InChI=1S/C69H45NS/c1-4-20-46(21-5-1)54-43-40-49(61-44-48-22-10-11-27-53(48)56-28-12-13-29-57(56)61)45-65(54)70(52-41-38-47(39-42-52)55-32-18-33-59-58-30-15-17-37-66(58)71-68(55)59)64-36-19-35-63-67(64)60-31-14-16-34-62(60)69(63,50-23-6-2-7-24-50)51-25-8-3-9-26-51/h1-45H. The van der Waals surface area contributed by atoms with E-state index in [0.717, 1.165) is 33.8 Å². The van der Waals surface area contributed by atoms with Crippen LogP contribution >= 0.6 is 11.3 Å². The van der Waals surface area contributed by atoms with Crippen molar-refractivity contribution in [2.24, 2.45) is 0 Å². The fourth-order valence-electron chi connectivity index (χ4n) is 11.9. The normalized spacial score (nSPS) is 12.6. The lowest BCUT2D eigenvalue weighted by Crippen LogP contribution is -2.28. The highest BCUT2D eigenvalue weighted by Crippen LogP contribution is 2.60. The van der Waals surface area contributed by atoms with Crippen molar-refractivity contribution in [3.63, 3.8) is 0 Å².